The van der Waals surface area contributed by atoms with Crippen molar-refractivity contribution in [1.82, 2.24) is 4.39 Å². The molecule has 0 saturated carbocycles. The molecule has 0 aliphatic rings. The molecule has 9 heteroatoms. The smallest absolute Gasteiger partial charge is 1.00 e. The SMILES string of the molecule is C[Si](C)(C)NS(=O)(=O)C(F)(F)F.[H-].[Li+]. The Morgan fingerprint density at radius 1 is 1.23 bits per heavy atom. The number of hydrogen-bond donors (Lipinski definition) is 1. The molecule has 0 fully saturated rings. The van der Waals surface area contributed by atoms with Crippen LogP contribution in [0.5, 0.6) is 0 Å². The van der Waals surface area contributed by atoms with Crippen molar-refractivity contribution < 1.29 is 41.9 Å². The van der Waals surface area contributed by atoms with Gasteiger partial charge in [-0.2, -0.15) is 13.2 Å². The van der Waals surface area contributed by atoms with Crippen molar-refractivity contribution in [2.45, 2.75) is 25.1 Å². The van der Waals surface area contributed by atoms with Crippen LogP contribution in [0.15, 0.2) is 0 Å². The molecule has 0 aromatic heterocycles. The Balaban J connectivity index is -0.000000605. The Hall–Kier alpha value is 0.514. The first kappa shape index (κ1) is 16.0. The predicted molar refractivity (Wildman–Crippen MR) is 42.6 cm³/mol. The first-order valence-corrected chi connectivity index (χ1v) is 8.04. The summed E-state index contributed by atoms with van der Waals surface area (Å²) < 4.78 is 57.8. The van der Waals surface area contributed by atoms with Gasteiger partial charge in [-0.1, -0.05) is 19.6 Å². The van der Waals surface area contributed by atoms with Crippen molar-refractivity contribution in [3.05, 3.63) is 0 Å². The van der Waals surface area contributed by atoms with Crippen molar-refractivity contribution >= 4 is 18.3 Å². The van der Waals surface area contributed by atoms with Gasteiger partial charge in [-0.3, -0.25) is 0 Å². The van der Waals surface area contributed by atoms with Gasteiger partial charge >= 0.3 is 34.4 Å². The summed E-state index contributed by atoms with van der Waals surface area (Å²) >= 11 is 0. The van der Waals surface area contributed by atoms with Crippen LogP contribution < -0.4 is 23.2 Å². The molecule has 3 nitrogen and oxygen atoms in total. The molecule has 0 heterocycles. The normalized spacial score (nSPS) is 13.7. The minimum Gasteiger partial charge on any atom is -1.00 e. The summed E-state index contributed by atoms with van der Waals surface area (Å²) in [5, 5.41) is 0. The van der Waals surface area contributed by atoms with E-state index in [-0.39, 0.29) is 20.3 Å². The molecule has 13 heavy (non-hydrogen) atoms. The second-order valence-corrected chi connectivity index (χ2v) is 10.1. The third-order valence-corrected chi connectivity index (χ3v) is 4.88. The minimum absolute atomic E-state index is 0. The van der Waals surface area contributed by atoms with E-state index < -0.39 is 23.8 Å². The van der Waals surface area contributed by atoms with Gasteiger partial charge in [0.2, 0.25) is 0 Å². The second-order valence-electron chi connectivity index (χ2n) is 3.30. The van der Waals surface area contributed by atoms with Crippen LogP contribution >= 0.6 is 0 Å². The van der Waals surface area contributed by atoms with Gasteiger partial charge in [-0.05, 0) is 0 Å². The topological polar surface area (TPSA) is 46.2 Å². The number of halogens is 3. The van der Waals surface area contributed by atoms with E-state index in [9.17, 15) is 21.6 Å². The summed E-state index contributed by atoms with van der Waals surface area (Å²) in [5.41, 5.74) is -5.20. The van der Waals surface area contributed by atoms with Gasteiger partial charge in [0.15, 0.2) is 0 Å². The quantitative estimate of drug-likeness (QED) is 0.578. The average Bonchev–Trinajstić information content (AvgIpc) is 1.52. The van der Waals surface area contributed by atoms with Crippen molar-refractivity contribution in [3.8, 4) is 0 Å². The average molecular weight is 229 g/mol. The molecule has 0 radical (unpaired) electrons. The second kappa shape index (κ2) is 4.36. The van der Waals surface area contributed by atoms with Gasteiger partial charge in [-0.25, -0.2) is 12.8 Å². The molecule has 0 aliphatic heterocycles. The fraction of sp³-hybridized carbons (Fsp3) is 1.00. The van der Waals surface area contributed by atoms with Crippen LogP contribution in [0.2, 0.25) is 19.6 Å². The van der Waals surface area contributed by atoms with Crippen molar-refractivity contribution in [1.29, 1.82) is 0 Å². The molecule has 0 bridgehead atoms. The zero-order chi connectivity index (χ0) is 10.2. The monoisotopic (exact) mass is 229 g/mol. The fourth-order valence-electron chi connectivity index (χ4n) is 0.461. The van der Waals surface area contributed by atoms with Gasteiger partial charge in [0.25, 0.3) is 0 Å². The zero-order valence-electron chi connectivity index (χ0n) is 8.86. The van der Waals surface area contributed by atoms with Crippen LogP contribution in [0.3, 0.4) is 0 Å². The minimum atomic E-state index is -5.20. The predicted octanol–water partition coefficient (Wildman–Crippen LogP) is -1.62. The molecule has 76 valence electrons. The summed E-state index contributed by atoms with van der Waals surface area (Å²) in [6, 6.07) is 0. The molecule has 0 atom stereocenters. The summed E-state index contributed by atoms with van der Waals surface area (Å²) in [6.07, 6.45) is 0. The van der Waals surface area contributed by atoms with E-state index in [1.807, 2.05) is 0 Å². The maximum Gasteiger partial charge on any atom is 1.00 e. The summed E-state index contributed by atoms with van der Waals surface area (Å²) in [6.45, 7) is 4.41. The van der Waals surface area contributed by atoms with Crippen LogP contribution in [0.25, 0.3) is 0 Å². The summed E-state index contributed by atoms with van der Waals surface area (Å²) in [7, 11) is -7.60. The Kier molecular flexibility index (Phi) is 5.35. The number of sulfonamides is 1. The number of alkyl halides is 3. The maximum absolute atomic E-state index is 11.7. The van der Waals surface area contributed by atoms with Gasteiger partial charge in [0.1, 0.15) is 8.24 Å². The standard InChI is InChI=1S/C4H10F3NO2SSi.Li.H/c1-12(2,3)8-11(9,10)4(5,6)7;;/h8H,1-3H3;;/q;+1;-1. The van der Waals surface area contributed by atoms with Gasteiger partial charge in [0, 0.05) is 0 Å². The molecule has 0 rings (SSSR count). The van der Waals surface area contributed by atoms with Crippen LogP contribution in [0.1, 0.15) is 1.43 Å². The van der Waals surface area contributed by atoms with Crippen LogP contribution in [-0.2, 0) is 10.0 Å². The first-order valence-electron chi connectivity index (χ1n) is 3.06. The van der Waals surface area contributed by atoms with E-state index in [2.05, 4.69) is 0 Å². The molecular weight excluding hydrogens is 218 g/mol. The van der Waals surface area contributed by atoms with Crippen LogP contribution in [-0.4, -0.2) is 22.2 Å². The zero-order valence-corrected chi connectivity index (χ0v) is 9.68. The van der Waals surface area contributed by atoms with E-state index in [4.69, 9.17) is 0 Å². The molecule has 0 aromatic carbocycles. The third-order valence-electron chi connectivity index (χ3n) is 0.745. The first-order chi connectivity index (χ1) is 4.96. The maximum atomic E-state index is 11.7. The van der Waals surface area contributed by atoms with E-state index in [1.165, 1.54) is 19.6 Å². The van der Waals surface area contributed by atoms with Gasteiger partial charge in [0.05, 0.1) is 0 Å². The van der Waals surface area contributed by atoms with Crippen LogP contribution in [0.4, 0.5) is 13.2 Å². The number of nitrogens with one attached hydrogen (secondary N) is 1. The Morgan fingerprint density at radius 2 is 1.54 bits per heavy atom. The van der Waals surface area contributed by atoms with E-state index >= 15 is 0 Å². The van der Waals surface area contributed by atoms with Gasteiger partial charge < -0.3 is 1.43 Å². The van der Waals surface area contributed by atoms with E-state index in [0.717, 1.165) is 0 Å². The van der Waals surface area contributed by atoms with Crippen molar-refractivity contribution in [2.24, 2.45) is 0 Å². The van der Waals surface area contributed by atoms with E-state index in [1.54, 1.807) is 4.39 Å². The molecule has 0 aliphatic carbocycles. The molecular formula is C4H11F3LiNO2SSi. The largest absolute Gasteiger partial charge is 1.00 e. The molecule has 1 N–H and O–H groups in total. The van der Waals surface area contributed by atoms with E-state index in [0.29, 0.717) is 0 Å². The molecule has 0 saturated heterocycles. The summed E-state index contributed by atoms with van der Waals surface area (Å²) in [5.74, 6) is 0. The number of hydrogen-bond acceptors (Lipinski definition) is 2. The summed E-state index contributed by atoms with van der Waals surface area (Å²) in [4.78, 5) is 0. The Labute approximate surface area is 89.9 Å². The third kappa shape index (κ3) is 5.75. The Bertz CT molecular complexity index is 263. The molecule has 0 amide bonds. The molecule has 0 unspecified atom stereocenters. The van der Waals surface area contributed by atoms with Gasteiger partial charge in [-0.15, -0.1) is 0 Å². The van der Waals surface area contributed by atoms with Crippen LogP contribution in [0, 0.1) is 0 Å². The van der Waals surface area contributed by atoms with Crippen molar-refractivity contribution in [3.63, 3.8) is 0 Å². The fourth-order valence-corrected chi connectivity index (χ4v) is 4.15. The molecule has 0 spiro atoms. The molecule has 0 aromatic rings. The Morgan fingerprint density at radius 3 is 1.62 bits per heavy atom. The van der Waals surface area contributed by atoms with Crippen molar-refractivity contribution in [2.75, 3.05) is 0 Å². The number of rotatable bonds is 2.